The monoisotopic (exact) mass is 538 g/mol. The summed E-state index contributed by atoms with van der Waals surface area (Å²) >= 11 is 0. The molecule has 1 aliphatic heterocycles. The standard InChI is InChI=1S/C29H29F3N4O3/c30-29(31,32)22-10-7-13-25(18-22)35-27(38)20-8-5-11-23(16-20)33-19-26(37)34-24-12-6-9-21(17-24)28(39)36-14-3-1-2-4-15-36/h5-13,16-18,33H,1-4,14-15,19H2,(H,34,37)(H,35,38). The predicted octanol–water partition coefficient (Wildman–Crippen LogP) is 6.02. The highest BCUT2D eigenvalue weighted by molar-refractivity contribution is 6.05. The van der Waals surface area contributed by atoms with Gasteiger partial charge in [-0.25, -0.2) is 0 Å². The maximum Gasteiger partial charge on any atom is 0.416 e. The van der Waals surface area contributed by atoms with Crippen LogP contribution in [0.5, 0.6) is 0 Å². The van der Waals surface area contributed by atoms with E-state index in [-0.39, 0.29) is 29.6 Å². The number of hydrogen-bond acceptors (Lipinski definition) is 4. The Kier molecular flexibility index (Phi) is 8.85. The third-order valence-corrected chi connectivity index (χ3v) is 6.31. The molecule has 0 atom stereocenters. The second kappa shape index (κ2) is 12.5. The van der Waals surface area contributed by atoms with Crippen molar-refractivity contribution in [1.82, 2.24) is 4.90 Å². The minimum absolute atomic E-state index is 0.0177. The van der Waals surface area contributed by atoms with Gasteiger partial charge >= 0.3 is 6.18 Å². The van der Waals surface area contributed by atoms with Crippen molar-refractivity contribution < 1.29 is 27.6 Å². The van der Waals surface area contributed by atoms with Crippen molar-refractivity contribution in [2.45, 2.75) is 31.9 Å². The molecule has 0 saturated carbocycles. The lowest BCUT2D eigenvalue weighted by atomic mass is 10.1. The van der Waals surface area contributed by atoms with Crippen molar-refractivity contribution in [2.24, 2.45) is 0 Å². The average Bonchev–Trinajstić information content (AvgIpc) is 3.21. The fourth-order valence-electron chi connectivity index (χ4n) is 4.32. The van der Waals surface area contributed by atoms with Gasteiger partial charge in [-0.3, -0.25) is 14.4 Å². The Labute approximate surface area is 224 Å². The van der Waals surface area contributed by atoms with E-state index in [2.05, 4.69) is 16.0 Å². The lowest BCUT2D eigenvalue weighted by molar-refractivity contribution is -0.137. The zero-order valence-corrected chi connectivity index (χ0v) is 21.2. The molecule has 39 heavy (non-hydrogen) atoms. The van der Waals surface area contributed by atoms with E-state index in [1.807, 2.05) is 4.90 Å². The van der Waals surface area contributed by atoms with Gasteiger partial charge in [0.15, 0.2) is 0 Å². The highest BCUT2D eigenvalue weighted by atomic mass is 19.4. The van der Waals surface area contributed by atoms with Gasteiger partial charge < -0.3 is 20.9 Å². The maximum absolute atomic E-state index is 12.9. The quantitative estimate of drug-likeness (QED) is 0.343. The Bertz CT molecular complexity index is 1340. The van der Waals surface area contributed by atoms with Crippen LogP contribution in [0.3, 0.4) is 0 Å². The molecule has 3 aromatic rings. The molecular weight excluding hydrogens is 509 g/mol. The van der Waals surface area contributed by atoms with Gasteiger partial charge in [0.25, 0.3) is 11.8 Å². The minimum Gasteiger partial charge on any atom is -0.376 e. The zero-order chi connectivity index (χ0) is 27.8. The number of amides is 3. The van der Waals surface area contributed by atoms with Crippen molar-refractivity contribution in [2.75, 3.05) is 35.6 Å². The number of benzene rings is 3. The molecule has 1 aliphatic rings. The van der Waals surface area contributed by atoms with Gasteiger partial charge in [-0.1, -0.05) is 31.0 Å². The normalized spacial score (nSPS) is 13.8. The van der Waals surface area contributed by atoms with Gasteiger partial charge in [-0.05, 0) is 67.4 Å². The van der Waals surface area contributed by atoms with Crippen LogP contribution in [0.2, 0.25) is 0 Å². The SMILES string of the molecule is O=C(CNc1cccc(C(=O)Nc2cccc(C(F)(F)F)c2)c1)Nc1cccc(C(=O)N2CCCCCC2)c1. The van der Waals surface area contributed by atoms with Gasteiger partial charge in [-0.15, -0.1) is 0 Å². The van der Waals surface area contributed by atoms with E-state index in [4.69, 9.17) is 0 Å². The largest absolute Gasteiger partial charge is 0.416 e. The van der Waals surface area contributed by atoms with Crippen LogP contribution in [-0.2, 0) is 11.0 Å². The molecule has 0 aromatic heterocycles. The molecule has 0 aliphatic carbocycles. The number of carbonyl (C=O) groups excluding carboxylic acids is 3. The number of nitrogens with one attached hydrogen (secondary N) is 3. The van der Waals surface area contributed by atoms with Gasteiger partial charge in [0, 0.05) is 41.3 Å². The fourth-order valence-corrected chi connectivity index (χ4v) is 4.32. The van der Waals surface area contributed by atoms with Gasteiger partial charge in [0.05, 0.1) is 12.1 Å². The van der Waals surface area contributed by atoms with Crippen LogP contribution < -0.4 is 16.0 Å². The van der Waals surface area contributed by atoms with E-state index in [0.29, 0.717) is 16.9 Å². The number of likely N-dealkylation sites (tertiary alicyclic amines) is 1. The van der Waals surface area contributed by atoms with Crippen molar-refractivity contribution in [3.63, 3.8) is 0 Å². The Hall–Kier alpha value is -4.34. The van der Waals surface area contributed by atoms with E-state index >= 15 is 0 Å². The van der Waals surface area contributed by atoms with Crippen LogP contribution in [0, 0.1) is 0 Å². The molecule has 10 heteroatoms. The molecule has 1 fully saturated rings. The number of carbonyl (C=O) groups is 3. The first-order chi connectivity index (χ1) is 18.7. The molecule has 3 N–H and O–H groups in total. The maximum atomic E-state index is 12.9. The highest BCUT2D eigenvalue weighted by Gasteiger charge is 2.30. The number of rotatable bonds is 7. The van der Waals surface area contributed by atoms with Gasteiger partial charge in [-0.2, -0.15) is 13.2 Å². The van der Waals surface area contributed by atoms with E-state index < -0.39 is 17.6 Å². The van der Waals surface area contributed by atoms with Gasteiger partial charge in [0.2, 0.25) is 5.91 Å². The molecule has 0 bridgehead atoms. The molecular formula is C29H29F3N4O3. The third kappa shape index (κ3) is 7.83. The van der Waals surface area contributed by atoms with Crippen LogP contribution in [-0.4, -0.2) is 42.3 Å². The van der Waals surface area contributed by atoms with Crippen LogP contribution in [0.4, 0.5) is 30.2 Å². The first-order valence-corrected chi connectivity index (χ1v) is 12.7. The lowest BCUT2D eigenvalue weighted by Gasteiger charge is -2.20. The predicted molar refractivity (Wildman–Crippen MR) is 144 cm³/mol. The number of anilines is 3. The molecule has 3 amide bonds. The molecule has 1 saturated heterocycles. The topological polar surface area (TPSA) is 90.5 Å². The number of nitrogens with zero attached hydrogens (tertiary/aromatic N) is 1. The van der Waals surface area contributed by atoms with E-state index in [0.717, 1.165) is 50.9 Å². The van der Waals surface area contributed by atoms with Crippen molar-refractivity contribution in [3.05, 3.63) is 89.5 Å². The van der Waals surface area contributed by atoms with Crippen LogP contribution in [0.15, 0.2) is 72.8 Å². The smallest absolute Gasteiger partial charge is 0.376 e. The molecule has 7 nitrogen and oxygen atoms in total. The first kappa shape index (κ1) is 27.7. The summed E-state index contributed by atoms with van der Waals surface area (Å²) in [6.45, 7) is 1.36. The van der Waals surface area contributed by atoms with E-state index in [9.17, 15) is 27.6 Å². The summed E-state index contributed by atoms with van der Waals surface area (Å²) < 4.78 is 38.8. The molecule has 4 rings (SSSR count). The summed E-state index contributed by atoms with van der Waals surface area (Å²) in [7, 11) is 0. The van der Waals surface area contributed by atoms with Gasteiger partial charge in [0.1, 0.15) is 0 Å². The second-order valence-corrected chi connectivity index (χ2v) is 9.30. The number of hydrogen-bond donors (Lipinski definition) is 3. The third-order valence-electron chi connectivity index (χ3n) is 6.31. The lowest BCUT2D eigenvalue weighted by Crippen LogP contribution is -2.31. The average molecular weight is 539 g/mol. The van der Waals surface area contributed by atoms with Crippen LogP contribution in [0.1, 0.15) is 52.0 Å². The van der Waals surface area contributed by atoms with E-state index in [1.54, 1.807) is 36.4 Å². The summed E-state index contributed by atoms with van der Waals surface area (Å²) in [5, 5.41) is 8.16. The van der Waals surface area contributed by atoms with Crippen LogP contribution >= 0.6 is 0 Å². The first-order valence-electron chi connectivity index (χ1n) is 12.7. The minimum atomic E-state index is -4.52. The summed E-state index contributed by atoms with van der Waals surface area (Å²) in [6.07, 6.45) is -0.300. The van der Waals surface area contributed by atoms with E-state index in [1.165, 1.54) is 24.3 Å². The molecule has 3 aromatic carbocycles. The fraction of sp³-hybridized carbons (Fsp3) is 0.276. The molecule has 0 spiro atoms. The Morgan fingerprint density at radius 2 is 1.31 bits per heavy atom. The molecule has 1 heterocycles. The second-order valence-electron chi connectivity index (χ2n) is 9.30. The van der Waals surface area contributed by atoms with Crippen molar-refractivity contribution in [1.29, 1.82) is 0 Å². The van der Waals surface area contributed by atoms with Crippen LogP contribution in [0.25, 0.3) is 0 Å². The van der Waals surface area contributed by atoms with Crippen molar-refractivity contribution in [3.8, 4) is 0 Å². The molecule has 204 valence electrons. The van der Waals surface area contributed by atoms with Crippen molar-refractivity contribution >= 4 is 34.8 Å². The Balaban J connectivity index is 1.32. The number of halogens is 3. The Morgan fingerprint density at radius 1 is 0.718 bits per heavy atom. The number of alkyl halides is 3. The summed E-state index contributed by atoms with van der Waals surface area (Å²) in [4.78, 5) is 39.9. The molecule has 0 radical (unpaired) electrons. The highest BCUT2D eigenvalue weighted by Crippen LogP contribution is 2.30. The molecule has 0 unspecified atom stereocenters. The summed E-state index contributed by atoms with van der Waals surface area (Å²) in [5.74, 6) is -0.993. The Morgan fingerprint density at radius 3 is 2.00 bits per heavy atom. The summed E-state index contributed by atoms with van der Waals surface area (Å²) in [6, 6.07) is 17.5. The summed E-state index contributed by atoms with van der Waals surface area (Å²) in [5.41, 5.74) is 0.853. The zero-order valence-electron chi connectivity index (χ0n) is 21.2.